The lowest BCUT2D eigenvalue weighted by Gasteiger charge is -2.24. The zero-order valence-corrected chi connectivity index (χ0v) is 20.4. The second-order valence-electron chi connectivity index (χ2n) is 8.00. The molecule has 0 bridgehead atoms. The molecule has 198 valence electrons. The van der Waals surface area contributed by atoms with E-state index in [4.69, 9.17) is 11.5 Å². The fourth-order valence-corrected chi connectivity index (χ4v) is 3.85. The van der Waals surface area contributed by atoms with Gasteiger partial charge in [-0.3, -0.25) is 24.2 Å². The fourth-order valence-electron chi connectivity index (χ4n) is 3.37. The van der Waals surface area contributed by atoms with E-state index in [2.05, 4.69) is 26.3 Å². The predicted octanol–water partition coefficient (Wildman–Crippen LogP) is -2.44. The van der Waals surface area contributed by atoms with E-state index < -0.39 is 54.3 Å². The lowest BCUT2D eigenvalue weighted by molar-refractivity contribution is -0.143. The van der Waals surface area contributed by atoms with Gasteiger partial charge in [0.2, 0.25) is 17.7 Å². The molecule has 3 amide bonds. The van der Waals surface area contributed by atoms with Crippen LogP contribution in [0.5, 0.6) is 0 Å². The SMILES string of the molecule is CSCCC(NC(=O)C1CCCN1)C(=O)NC(CC(=O)O)C(=O)NC(CCCN=C(N)N)C(=O)O. The fraction of sp³-hybridized carbons (Fsp3) is 0.700. The molecule has 0 aromatic carbocycles. The number of carboxylic acid groups (broad SMARTS) is 2. The molecule has 0 saturated carbocycles. The first kappa shape index (κ1) is 30.0. The van der Waals surface area contributed by atoms with Crippen LogP contribution in [0.25, 0.3) is 0 Å². The quantitative estimate of drug-likeness (QED) is 0.0607. The van der Waals surface area contributed by atoms with Gasteiger partial charge in [0.1, 0.15) is 18.1 Å². The standard InChI is InChI=1S/C20H35N7O7S/c1-35-9-6-12(25-16(30)11-4-2-7-23-11)17(31)27-14(10-15(28)29)18(32)26-13(19(33)34)5-3-8-24-20(21)22/h11-14,23H,2-10H2,1H3,(H,25,30)(H,26,32)(H,27,31)(H,28,29)(H,33,34)(H4,21,22,24). The van der Waals surface area contributed by atoms with Crippen LogP contribution in [-0.4, -0.2) is 95.1 Å². The summed E-state index contributed by atoms with van der Waals surface area (Å²) in [5.74, 6) is -4.38. The predicted molar refractivity (Wildman–Crippen MR) is 130 cm³/mol. The van der Waals surface area contributed by atoms with Crippen molar-refractivity contribution in [1.29, 1.82) is 0 Å². The third-order valence-corrected chi connectivity index (χ3v) is 5.84. The molecule has 15 heteroatoms. The van der Waals surface area contributed by atoms with Gasteiger partial charge in [0.05, 0.1) is 12.5 Å². The number of thioether (sulfide) groups is 1. The number of hydrogen-bond acceptors (Lipinski definition) is 8. The average Bonchev–Trinajstić information content (AvgIpc) is 3.32. The Hall–Kier alpha value is -3.07. The summed E-state index contributed by atoms with van der Waals surface area (Å²) in [6.07, 6.45) is 3.00. The van der Waals surface area contributed by atoms with Gasteiger partial charge in [0, 0.05) is 6.54 Å². The van der Waals surface area contributed by atoms with Gasteiger partial charge in [-0.2, -0.15) is 11.8 Å². The first-order valence-corrected chi connectivity index (χ1v) is 12.6. The molecule has 1 rings (SSSR count). The number of carbonyl (C=O) groups excluding carboxylic acids is 3. The van der Waals surface area contributed by atoms with Crippen molar-refractivity contribution in [2.45, 2.75) is 62.7 Å². The van der Waals surface area contributed by atoms with Gasteiger partial charge in [0.15, 0.2) is 5.96 Å². The lowest BCUT2D eigenvalue weighted by atomic mass is 10.1. The zero-order chi connectivity index (χ0) is 26.4. The summed E-state index contributed by atoms with van der Waals surface area (Å²) in [5, 5.41) is 28.9. The van der Waals surface area contributed by atoms with E-state index in [1.165, 1.54) is 11.8 Å². The number of nitrogens with zero attached hydrogens (tertiary/aromatic N) is 1. The smallest absolute Gasteiger partial charge is 0.326 e. The molecule has 1 aliphatic rings. The topological polar surface area (TPSA) is 238 Å². The second kappa shape index (κ2) is 15.8. The maximum atomic E-state index is 12.9. The Morgan fingerprint density at radius 1 is 1.03 bits per heavy atom. The van der Waals surface area contributed by atoms with Crippen molar-refractivity contribution < 1.29 is 34.2 Å². The number of guanidine groups is 1. The Morgan fingerprint density at radius 3 is 2.23 bits per heavy atom. The first-order valence-electron chi connectivity index (χ1n) is 11.2. The van der Waals surface area contributed by atoms with Gasteiger partial charge in [0.25, 0.3) is 0 Å². The van der Waals surface area contributed by atoms with Crippen LogP contribution in [0.1, 0.15) is 38.5 Å². The summed E-state index contributed by atoms with van der Waals surface area (Å²) >= 11 is 1.45. The number of nitrogens with two attached hydrogens (primary N) is 2. The Labute approximate surface area is 207 Å². The molecule has 10 N–H and O–H groups in total. The minimum atomic E-state index is -1.54. The molecule has 4 atom stereocenters. The molecule has 1 fully saturated rings. The number of carboxylic acids is 2. The van der Waals surface area contributed by atoms with E-state index in [-0.39, 0.29) is 37.7 Å². The minimum absolute atomic E-state index is 0.0214. The average molecular weight is 518 g/mol. The van der Waals surface area contributed by atoms with E-state index in [9.17, 15) is 34.2 Å². The lowest BCUT2D eigenvalue weighted by Crippen LogP contribution is -2.57. The molecule has 1 aliphatic heterocycles. The molecule has 0 aromatic heterocycles. The van der Waals surface area contributed by atoms with Crippen LogP contribution in [0, 0.1) is 0 Å². The van der Waals surface area contributed by atoms with Crippen molar-refractivity contribution in [1.82, 2.24) is 21.3 Å². The third-order valence-electron chi connectivity index (χ3n) is 5.19. The van der Waals surface area contributed by atoms with Crippen LogP contribution >= 0.6 is 11.8 Å². The number of rotatable bonds is 16. The van der Waals surface area contributed by atoms with Crippen molar-refractivity contribution in [3.05, 3.63) is 0 Å². The molecule has 1 saturated heterocycles. The molecule has 4 unspecified atom stereocenters. The van der Waals surface area contributed by atoms with Gasteiger partial charge >= 0.3 is 11.9 Å². The number of nitrogens with one attached hydrogen (secondary N) is 4. The molecular weight excluding hydrogens is 482 g/mol. The highest BCUT2D eigenvalue weighted by atomic mass is 32.2. The summed E-state index contributed by atoms with van der Waals surface area (Å²) in [5.41, 5.74) is 10.4. The summed E-state index contributed by atoms with van der Waals surface area (Å²) in [7, 11) is 0. The van der Waals surface area contributed by atoms with Gasteiger partial charge < -0.3 is 42.9 Å². The van der Waals surface area contributed by atoms with E-state index in [0.29, 0.717) is 18.7 Å². The van der Waals surface area contributed by atoms with Crippen LogP contribution in [0.15, 0.2) is 4.99 Å². The summed E-state index contributed by atoms with van der Waals surface area (Å²) in [6.45, 7) is 0.835. The van der Waals surface area contributed by atoms with Crippen molar-refractivity contribution in [3.63, 3.8) is 0 Å². The largest absolute Gasteiger partial charge is 0.481 e. The summed E-state index contributed by atoms with van der Waals surface area (Å²) < 4.78 is 0. The number of amides is 3. The molecule has 35 heavy (non-hydrogen) atoms. The zero-order valence-electron chi connectivity index (χ0n) is 19.6. The number of aliphatic imine (C=N–C) groups is 1. The van der Waals surface area contributed by atoms with Crippen molar-refractivity contribution in [2.75, 3.05) is 25.1 Å². The molecular formula is C20H35N7O7S. The van der Waals surface area contributed by atoms with E-state index in [1.807, 2.05) is 6.26 Å². The summed E-state index contributed by atoms with van der Waals surface area (Å²) in [4.78, 5) is 64.7. The normalized spacial score (nSPS) is 17.5. The maximum absolute atomic E-state index is 12.9. The third kappa shape index (κ3) is 11.8. The van der Waals surface area contributed by atoms with Gasteiger partial charge in [-0.25, -0.2) is 4.79 Å². The molecule has 0 aromatic rings. The monoisotopic (exact) mass is 517 g/mol. The highest BCUT2D eigenvalue weighted by Crippen LogP contribution is 2.08. The second-order valence-corrected chi connectivity index (χ2v) is 8.98. The molecule has 14 nitrogen and oxygen atoms in total. The highest BCUT2D eigenvalue weighted by Gasteiger charge is 2.32. The molecule has 0 aliphatic carbocycles. The van der Waals surface area contributed by atoms with Crippen LogP contribution in [0.3, 0.4) is 0 Å². The van der Waals surface area contributed by atoms with Gasteiger partial charge in [-0.05, 0) is 50.7 Å². The van der Waals surface area contributed by atoms with Crippen LogP contribution in [0.2, 0.25) is 0 Å². The van der Waals surface area contributed by atoms with E-state index in [0.717, 1.165) is 6.42 Å². The Morgan fingerprint density at radius 2 is 1.69 bits per heavy atom. The number of aliphatic carboxylic acids is 2. The van der Waals surface area contributed by atoms with Gasteiger partial charge in [-0.15, -0.1) is 0 Å². The van der Waals surface area contributed by atoms with Crippen molar-refractivity contribution >= 4 is 47.4 Å². The first-order chi connectivity index (χ1) is 16.5. The summed E-state index contributed by atoms with van der Waals surface area (Å²) in [6, 6.07) is -4.30. The van der Waals surface area contributed by atoms with E-state index >= 15 is 0 Å². The molecule has 1 heterocycles. The van der Waals surface area contributed by atoms with Crippen molar-refractivity contribution in [2.24, 2.45) is 16.5 Å². The van der Waals surface area contributed by atoms with Crippen LogP contribution in [0.4, 0.5) is 0 Å². The van der Waals surface area contributed by atoms with Crippen LogP contribution in [-0.2, 0) is 24.0 Å². The van der Waals surface area contributed by atoms with Crippen LogP contribution < -0.4 is 32.7 Å². The highest BCUT2D eigenvalue weighted by molar-refractivity contribution is 7.98. The van der Waals surface area contributed by atoms with Crippen molar-refractivity contribution in [3.8, 4) is 0 Å². The number of carbonyl (C=O) groups is 5. The Balaban J connectivity index is 2.86. The maximum Gasteiger partial charge on any atom is 0.326 e. The Kier molecular flexibility index (Phi) is 13.5. The van der Waals surface area contributed by atoms with E-state index in [1.54, 1.807) is 0 Å². The van der Waals surface area contributed by atoms with Gasteiger partial charge in [-0.1, -0.05) is 0 Å². The molecule has 0 spiro atoms. The number of hydrogen-bond donors (Lipinski definition) is 8. The molecule has 0 radical (unpaired) electrons. The Bertz CT molecular complexity index is 786. The minimum Gasteiger partial charge on any atom is -0.481 e.